The maximum Gasteiger partial charge on any atom is 0.433 e. The first kappa shape index (κ1) is 22.7. The average molecular weight is 463 g/mol. The van der Waals surface area contributed by atoms with Crippen molar-refractivity contribution in [3.05, 3.63) is 64.2 Å². The molecular weight excluding hydrogens is 447 g/mol. The van der Waals surface area contributed by atoms with Crippen molar-refractivity contribution in [3.8, 4) is 0 Å². The second-order valence-electron chi connectivity index (χ2n) is 6.74. The van der Waals surface area contributed by atoms with E-state index in [1.54, 1.807) is 0 Å². The van der Waals surface area contributed by atoms with Crippen LogP contribution in [0.4, 0.5) is 26.7 Å². The molecule has 2 heterocycles. The highest BCUT2D eigenvalue weighted by Crippen LogP contribution is 2.31. The Labute approximate surface area is 178 Å². The third-order valence-electron chi connectivity index (χ3n) is 4.63. The number of carbonyl (C=O) groups excluding carboxylic acids is 2. The Kier molecular flexibility index (Phi) is 6.63. The van der Waals surface area contributed by atoms with Crippen molar-refractivity contribution in [1.82, 2.24) is 20.5 Å². The highest BCUT2D eigenvalue weighted by atomic mass is 35.5. The maximum absolute atomic E-state index is 13.6. The summed E-state index contributed by atoms with van der Waals surface area (Å²) in [7, 11) is 0. The van der Waals surface area contributed by atoms with Gasteiger partial charge in [-0.15, -0.1) is 0 Å². The van der Waals surface area contributed by atoms with Gasteiger partial charge in [0.2, 0.25) is 5.91 Å². The molecule has 0 spiro atoms. The van der Waals surface area contributed by atoms with Gasteiger partial charge in [0.25, 0.3) is 0 Å². The van der Waals surface area contributed by atoms with Gasteiger partial charge in [-0.2, -0.15) is 13.2 Å². The predicted octanol–water partition coefficient (Wildman–Crippen LogP) is 3.46. The molecule has 2 aromatic rings. The summed E-state index contributed by atoms with van der Waals surface area (Å²) < 4.78 is 66.3. The Bertz CT molecular complexity index is 988. The number of alkyl halides is 4. The molecule has 1 aliphatic heterocycles. The van der Waals surface area contributed by atoms with Crippen molar-refractivity contribution in [2.75, 3.05) is 19.8 Å². The van der Waals surface area contributed by atoms with Gasteiger partial charge in [-0.1, -0.05) is 23.7 Å². The van der Waals surface area contributed by atoms with Gasteiger partial charge in [0, 0.05) is 6.54 Å². The van der Waals surface area contributed by atoms with Gasteiger partial charge in [-0.25, -0.2) is 18.6 Å². The van der Waals surface area contributed by atoms with Crippen LogP contribution in [0.15, 0.2) is 36.4 Å². The van der Waals surface area contributed by atoms with E-state index in [9.17, 15) is 31.5 Å². The van der Waals surface area contributed by atoms with Gasteiger partial charge in [0.1, 0.15) is 24.7 Å². The molecule has 0 bridgehead atoms. The first-order chi connectivity index (χ1) is 14.6. The van der Waals surface area contributed by atoms with Crippen molar-refractivity contribution in [3.63, 3.8) is 0 Å². The molecule has 2 N–H and O–H groups in total. The van der Waals surface area contributed by atoms with E-state index in [1.165, 1.54) is 12.1 Å². The summed E-state index contributed by atoms with van der Waals surface area (Å²) in [5.41, 5.74) is -1.26. The molecule has 1 aromatic carbocycles. The van der Waals surface area contributed by atoms with Crippen LogP contribution in [0, 0.1) is 5.82 Å². The van der Waals surface area contributed by atoms with Crippen LogP contribution in [-0.2, 0) is 11.0 Å². The van der Waals surface area contributed by atoms with Crippen molar-refractivity contribution >= 4 is 23.5 Å². The summed E-state index contributed by atoms with van der Waals surface area (Å²) in [6.45, 7) is -1.49. The summed E-state index contributed by atoms with van der Waals surface area (Å²) in [5, 5.41) is 4.57. The fourth-order valence-electron chi connectivity index (χ4n) is 3.05. The summed E-state index contributed by atoms with van der Waals surface area (Å²) in [4.78, 5) is 29.0. The highest BCUT2D eigenvalue weighted by Gasteiger charge is 2.35. The summed E-state index contributed by atoms with van der Waals surface area (Å²) in [6.07, 6.45) is -4.74. The number of nitrogens with zero attached hydrogens (tertiary/aromatic N) is 2. The van der Waals surface area contributed by atoms with Crippen molar-refractivity contribution < 1.29 is 31.5 Å². The molecule has 1 fully saturated rings. The van der Waals surface area contributed by atoms with Crippen LogP contribution < -0.4 is 10.6 Å². The van der Waals surface area contributed by atoms with E-state index in [-0.39, 0.29) is 22.8 Å². The first-order valence-electron chi connectivity index (χ1n) is 8.99. The van der Waals surface area contributed by atoms with E-state index >= 15 is 0 Å². The van der Waals surface area contributed by atoms with E-state index in [0.29, 0.717) is 0 Å². The molecule has 12 heteroatoms. The third-order valence-corrected chi connectivity index (χ3v) is 4.92. The number of hydrogen-bond acceptors (Lipinski definition) is 3. The second-order valence-corrected chi connectivity index (χ2v) is 7.15. The van der Waals surface area contributed by atoms with E-state index < -0.39 is 54.9 Å². The summed E-state index contributed by atoms with van der Waals surface area (Å²) in [5.74, 6) is -1.28. The quantitative estimate of drug-likeness (QED) is 0.683. The number of hydrogen-bond donors (Lipinski definition) is 2. The zero-order valence-electron chi connectivity index (χ0n) is 15.7. The lowest BCUT2D eigenvalue weighted by Gasteiger charge is -2.35. The number of rotatable bonds is 4. The number of benzene rings is 1. The van der Waals surface area contributed by atoms with Crippen molar-refractivity contribution in [1.29, 1.82) is 0 Å². The molecule has 2 atom stereocenters. The smallest absolute Gasteiger partial charge is 0.352 e. The van der Waals surface area contributed by atoms with Crippen LogP contribution in [0.1, 0.15) is 23.0 Å². The van der Waals surface area contributed by atoms with Crippen LogP contribution in [0.25, 0.3) is 0 Å². The lowest BCUT2D eigenvalue weighted by molar-refractivity contribution is -0.141. The third kappa shape index (κ3) is 5.22. The molecule has 1 aliphatic rings. The highest BCUT2D eigenvalue weighted by molar-refractivity contribution is 6.30. The number of urea groups is 1. The Morgan fingerprint density at radius 3 is 2.71 bits per heavy atom. The largest absolute Gasteiger partial charge is 0.433 e. The Balaban J connectivity index is 1.99. The number of pyridine rings is 1. The summed E-state index contributed by atoms with van der Waals surface area (Å²) in [6, 6.07) is 3.33. The number of piperazine rings is 1. The lowest BCUT2D eigenvalue weighted by Crippen LogP contribution is -2.59. The standard InChI is InChI=1S/C19H16ClF5N4O2/c20-12-6-10(4-5-13(12)22)17(14-2-1-3-15(27-14)19(23,24)25)28-18(31)29-9-16(30)26-8-11(29)7-21/h1-6,11,17H,7-9H2,(H,26,30)(H,28,31)/t11-,17?/m0/s1. The van der Waals surface area contributed by atoms with Crippen LogP contribution in [0.3, 0.4) is 0 Å². The van der Waals surface area contributed by atoms with Gasteiger partial charge in [0.05, 0.1) is 22.8 Å². The molecule has 3 rings (SSSR count). The first-order valence-corrected chi connectivity index (χ1v) is 9.37. The topological polar surface area (TPSA) is 74.3 Å². The summed E-state index contributed by atoms with van der Waals surface area (Å²) >= 11 is 5.80. The molecule has 31 heavy (non-hydrogen) atoms. The van der Waals surface area contributed by atoms with Gasteiger partial charge >= 0.3 is 12.2 Å². The fourth-order valence-corrected chi connectivity index (χ4v) is 3.24. The van der Waals surface area contributed by atoms with Gasteiger partial charge < -0.3 is 15.5 Å². The van der Waals surface area contributed by atoms with Crippen LogP contribution >= 0.6 is 11.6 Å². The van der Waals surface area contributed by atoms with Crippen molar-refractivity contribution in [2.45, 2.75) is 18.3 Å². The number of amides is 3. The van der Waals surface area contributed by atoms with Crippen LogP contribution in [0.5, 0.6) is 0 Å². The minimum absolute atomic E-state index is 0.113. The van der Waals surface area contributed by atoms with E-state index in [1.807, 2.05) is 0 Å². The zero-order chi connectivity index (χ0) is 22.8. The number of nitrogens with one attached hydrogen (secondary N) is 2. The molecular formula is C19H16ClF5N4O2. The second kappa shape index (κ2) is 9.04. The molecule has 1 unspecified atom stereocenters. The molecule has 166 valence electrons. The van der Waals surface area contributed by atoms with Crippen molar-refractivity contribution in [2.24, 2.45) is 0 Å². The van der Waals surface area contributed by atoms with Gasteiger partial charge in [-0.05, 0) is 29.8 Å². The Morgan fingerprint density at radius 1 is 1.32 bits per heavy atom. The molecule has 1 saturated heterocycles. The molecule has 0 radical (unpaired) electrons. The van der Waals surface area contributed by atoms with Crippen LogP contribution in [-0.4, -0.2) is 47.6 Å². The molecule has 0 aliphatic carbocycles. The van der Waals surface area contributed by atoms with E-state index in [0.717, 1.165) is 29.2 Å². The molecule has 6 nitrogen and oxygen atoms in total. The predicted molar refractivity (Wildman–Crippen MR) is 101 cm³/mol. The maximum atomic E-state index is 13.6. The Hall–Kier alpha value is -2.95. The Morgan fingerprint density at radius 2 is 2.06 bits per heavy atom. The van der Waals surface area contributed by atoms with E-state index in [2.05, 4.69) is 15.6 Å². The minimum atomic E-state index is -4.74. The number of carbonyl (C=O) groups is 2. The fraction of sp³-hybridized carbons (Fsp3) is 0.316. The average Bonchev–Trinajstić information content (AvgIpc) is 2.73. The van der Waals surface area contributed by atoms with Gasteiger partial charge in [0.15, 0.2) is 0 Å². The van der Waals surface area contributed by atoms with Gasteiger partial charge in [-0.3, -0.25) is 4.79 Å². The normalized spacial score (nSPS) is 17.8. The monoisotopic (exact) mass is 462 g/mol. The van der Waals surface area contributed by atoms with E-state index in [4.69, 9.17) is 11.6 Å². The molecule has 1 aromatic heterocycles. The minimum Gasteiger partial charge on any atom is -0.352 e. The molecule has 3 amide bonds. The SMILES string of the molecule is O=C1CN(C(=O)NC(c2ccc(F)c(Cl)c2)c2cccc(C(F)(F)F)n2)[C@@H](CF)CN1. The van der Waals surface area contributed by atoms with Crippen LogP contribution in [0.2, 0.25) is 5.02 Å². The number of halogens is 6. The zero-order valence-corrected chi connectivity index (χ0v) is 16.5. The molecule has 0 saturated carbocycles. The lowest BCUT2D eigenvalue weighted by atomic mass is 10.0. The number of aromatic nitrogens is 1.